The predicted octanol–water partition coefficient (Wildman–Crippen LogP) is 2.60. The van der Waals surface area contributed by atoms with Crippen molar-refractivity contribution in [2.24, 2.45) is 5.73 Å². The highest BCUT2D eigenvalue weighted by Gasteiger charge is 2.32. The molecule has 2 unspecified atom stereocenters. The Bertz CT molecular complexity index is 523. The van der Waals surface area contributed by atoms with E-state index in [1.165, 1.54) is 6.92 Å². The first-order chi connectivity index (χ1) is 8.60. The molecule has 2 N–H and O–H groups in total. The molecule has 0 aliphatic heterocycles. The van der Waals surface area contributed by atoms with Crippen molar-refractivity contribution in [3.05, 3.63) is 29.8 Å². The molecule has 7 heteroatoms. The van der Waals surface area contributed by atoms with E-state index in [0.717, 1.165) is 24.3 Å². The average molecular weight is 295 g/mol. The van der Waals surface area contributed by atoms with Gasteiger partial charge in [-0.25, -0.2) is 8.42 Å². The second kappa shape index (κ2) is 5.50. The average Bonchev–Trinajstić information content (AvgIpc) is 2.36. The van der Waals surface area contributed by atoms with E-state index in [1.54, 1.807) is 6.92 Å². The lowest BCUT2D eigenvalue weighted by atomic mass is 10.2. The van der Waals surface area contributed by atoms with E-state index in [9.17, 15) is 21.6 Å². The Morgan fingerprint density at radius 2 is 1.68 bits per heavy atom. The molecule has 0 radical (unpaired) electrons. The Balaban J connectivity index is 3.10. The van der Waals surface area contributed by atoms with Gasteiger partial charge in [-0.3, -0.25) is 0 Å². The fourth-order valence-corrected chi connectivity index (χ4v) is 3.21. The summed E-state index contributed by atoms with van der Waals surface area (Å²) in [5.74, 6) is 0. The second-order valence-electron chi connectivity index (χ2n) is 4.34. The van der Waals surface area contributed by atoms with Gasteiger partial charge in [-0.15, -0.1) is 0 Å². The summed E-state index contributed by atoms with van der Waals surface area (Å²) < 4.78 is 61.4. The first-order valence-corrected chi connectivity index (χ1v) is 7.32. The molecule has 0 aliphatic carbocycles. The normalized spacial score (nSPS) is 16.1. The summed E-state index contributed by atoms with van der Waals surface area (Å²) in [6.07, 6.45) is -4.01. The van der Waals surface area contributed by atoms with Crippen LogP contribution in [0.2, 0.25) is 0 Å². The third-order valence-corrected chi connectivity index (χ3v) is 5.33. The van der Waals surface area contributed by atoms with E-state index in [4.69, 9.17) is 5.73 Å². The maximum absolute atomic E-state index is 12.4. The van der Waals surface area contributed by atoms with Gasteiger partial charge in [-0.1, -0.05) is 6.92 Å². The van der Waals surface area contributed by atoms with E-state index in [1.807, 2.05) is 0 Å². The van der Waals surface area contributed by atoms with Crippen LogP contribution < -0.4 is 5.73 Å². The lowest BCUT2D eigenvalue weighted by molar-refractivity contribution is -0.137. The van der Waals surface area contributed by atoms with Crippen molar-refractivity contribution in [3.8, 4) is 0 Å². The van der Waals surface area contributed by atoms with Crippen LogP contribution in [-0.2, 0) is 16.0 Å². The smallest absolute Gasteiger partial charge is 0.327 e. The highest BCUT2D eigenvalue weighted by molar-refractivity contribution is 7.92. The zero-order valence-corrected chi connectivity index (χ0v) is 11.4. The summed E-state index contributed by atoms with van der Waals surface area (Å²) in [6, 6.07) is 2.91. The van der Waals surface area contributed by atoms with Crippen LogP contribution >= 0.6 is 0 Å². The first kappa shape index (κ1) is 16.0. The quantitative estimate of drug-likeness (QED) is 0.929. The van der Waals surface area contributed by atoms with Crippen molar-refractivity contribution < 1.29 is 21.6 Å². The Labute approximate surface area is 110 Å². The number of sulfone groups is 1. The van der Waals surface area contributed by atoms with Gasteiger partial charge in [0.15, 0.2) is 9.84 Å². The maximum atomic E-state index is 12.4. The van der Waals surface area contributed by atoms with Gasteiger partial charge in [0, 0.05) is 6.04 Å². The number of benzene rings is 1. The maximum Gasteiger partial charge on any atom is 0.416 e. The molecule has 0 amide bonds. The third kappa shape index (κ3) is 3.48. The SMILES string of the molecule is CCC(N)C(C)S(=O)(=O)c1ccc(C(F)(F)F)cc1. The molecule has 0 heterocycles. The van der Waals surface area contributed by atoms with E-state index in [2.05, 4.69) is 0 Å². The molecule has 2 atom stereocenters. The minimum absolute atomic E-state index is 0.142. The van der Waals surface area contributed by atoms with E-state index >= 15 is 0 Å². The molecule has 0 saturated carbocycles. The highest BCUT2D eigenvalue weighted by Crippen LogP contribution is 2.30. The lowest BCUT2D eigenvalue weighted by Gasteiger charge is -2.19. The van der Waals surface area contributed by atoms with Crippen LogP contribution in [0, 0.1) is 0 Å². The van der Waals surface area contributed by atoms with Crippen molar-refractivity contribution >= 4 is 9.84 Å². The van der Waals surface area contributed by atoms with Gasteiger partial charge in [-0.05, 0) is 37.6 Å². The molecular weight excluding hydrogens is 279 g/mol. The summed E-state index contributed by atoms with van der Waals surface area (Å²) in [4.78, 5) is -0.142. The summed E-state index contributed by atoms with van der Waals surface area (Å²) in [5, 5.41) is -0.839. The van der Waals surface area contributed by atoms with Crippen molar-refractivity contribution in [1.82, 2.24) is 0 Å². The van der Waals surface area contributed by atoms with E-state index in [-0.39, 0.29) is 4.90 Å². The summed E-state index contributed by atoms with van der Waals surface area (Å²) in [5.41, 5.74) is 4.80. The monoisotopic (exact) mass is 295 g/mol. The van der Waals surface area contributed by atoms with Gasteiger partial charge in [0.25, 0.3) is 0 Å². The van der Waals surface area contributed by atoms with Crippen molar-refractivity contribution in [2.45, 2.75) is 42.6 Å². The Hall–Kier alpha value is -1.08. The van der Waals surface area contributed by atoms with Crippen LogP contribution in [0.1, 0.15) is 25.8 Å². The van der Waals surface area contributed by atoms with Gasteiger partial charge in [0.2, 0.25) is 0 Å². The zero-order valence-electron chi connectivity index (χ0n) is 10.6. The summed E-state index contributed by atoms with van der Waals surface area (Å²) >= 11 is 0. The van der Waals surface area contributed by atoms with Crippen molar-refractivity contribution in [2.75, 3.05) is 0 Å². The Morgan fingerprint density at radius 1 is 1.21 bits per heavy atom. The molecule has 0 aliphatic rings. The zero-order chi connectivity index (χ0) is 14.8. The first-order valence-electron chi connectivity index (χ1n) is 5.77. The molecular formula is C12H16F3NO2S. The topological polar surface area (TPSA) is 60.2 Å². The van der Waals surface area contributed by atoms with E-state index < -0.39 is 32.9 Å². The highest BCUT2D eigenvalue weighted by atomic mass is 32.2. The number of nitrogens with two attached hydrogens (primary N) is 1. The summed E-state index contributed by atoms with van der Waals surface area (Å²) in [7, 11) is -3.70. The number of hydrogen-bond donors (Lipinski definition) is 1. The van der Waals surface area contributed by atoms with Gasteiger partial charge < -0.3 is 5.73 Å². The molecule has 19 heavy (non-hydrogen) atoms. The molecule has 0 spiro atoms. The Morgan fingerprint density at radius 3 is 2.05 bits per heavy atom. The number of hydrogen-bond acceptors (Lipinski definition) is 3. The molecule has 0 bridgehead atoms. The molecule has 1 aromatic rings. The third-order valence-electron chi connectivity index (χ3n) is 3.07. The largest absolute Gasteiger partial charge is 0.416 e. The molecule has 108 valence electrons. The molecule has 0 saturated heterocycles. The van der Waals surface area contributed by atoms with Gasteiger partial charge in [-0.2, -0.15) is 13.2 Å². The molecule has 0 fully saturated rings. The number of halogens is 3. The van der Waals surface area contributed by atoms with Gasteiger partial charge in [0.1, 0.15) is 0 Å². The van der Waals surface area contributed by atoms with Crippen LogP contribution in [0.3, 0.4) is 0 Å². The van der Waals surface area contributed by atoms with Gasteiger partial charge >= 0.3 is 6.18 Å². The minimum atomic E-state index is -4.48. The number of rotatable bonds is 4. The molecule has 0 aromatic heterocycles. The minimum Gasteiger partial charge on any atom is -0.327 e. The fourth-order valence-electron chi connectivity index (χ4n) is 1.61. The van der Waals surface area contributed by atoms with Crippen LogP contribution in [0.25, 0.3) is 0 Å². The molecule has 1 aromatic carbocycles. The van der Waals surface area contributed by atoms with Crippen LogP contribution in [0.5, 0.6) is 0 Å². The standard InChI is InChI=1S/C12H16F3NO2S/c1-3-11(16)8(2)19(17,18)10-6-4-9(5-7-10)12(13,14)15/h4-8,11H,3,16H2,1-2H3. The van der Waals surface area contributed by atoms with Crippen molar-refractivity contribution in [1.29, 1.82) is 0 Å². The van der Waals surface area contributed by atoms with Crippen LogP contribution in [0.15, 0.2) is 29.2 Å². The Kier molecular flexibility index (Phi) is 4.63. The summed E-state index contributed by atoms with van der Waals surface area (Å²) in [6.45, 7) is 3.21. The lowest BCUT2D eigenvalue weighted by Crippen LogP contribution is -2.37. The number of alkyl halides is 3. The van der Waals surface area contributed by atoms with Crippen LogP contribution in [0.4, 0.5) is 13.2 Å². The van der Waals surface area contributed by atoms with Gasteiger partial charge in [0.05, 0.1) is 15.7 Å². The predicted molar refractivity (Wildman–Crippen MR) is 66.4 cm³/mol. The fraction of sp³-hybridized carbons (Fsp3) is 0.500. The van der Waals surface area contributed by atoms with Crippen molar-refractivity contribution in [3.63, 3.8) is 0 Å². The van der Waals surface area contributed by atoms with E-state index in [0.29, 0.717) is 6.42 Å². The second-order valence-corrected chi connectivity index (χ2v) is 6.65. The molecule has 3 nitrogen and oxygen atoms in total. The molecule has 1 rings (SSSR count). The van der Waals surface area contributed by atoms with Crippen LogP contribution in [-0.4, -0.2) is 19.7 Å².